The second-order valence-electron chi connectivity index (χ2n) is 8.03. The molecule has 4 rings (SSSR count). The van der Waals surface area contributed by atoms with E-state index in [4.69, 9.17) is 5.73 Å². The van der Waals surface area contributed by atoms with Crippen molar-refractivity contribution in [2.45, 2.75) is 45.9 Å². The van der Waals surface area contributed by atoms with E-state index in [1.807, 2.05) is 29.5 Å². The van der Waals surface area contributed by atoms with Crippen molar-refractivity contribution in [1.82, 2.24) is 20.0 Å². The molecule has 26 heavy (non-hydrogen) atoms. The van der Waals surface area contributed by atoms with Crippen LogP contribution in [-0.2, 0) is 29.2 Å². The average molecular weight is 357 g/mol. The maximum absolute atomic E-state index is 12.6. The summed E-state index contributed by atoms with van der Waals surface area (Å²) in [4.78, 5) is 26.6. The molecular formula is C19H27N5O2. The van der Waals surface area contributed by atoms with Crippen molar-refractivity contribution in [1.29, 1.82) is 0 Å². The first-order chi connectivity index (χ1) is 12.4. The summed E-state index contributed by atoms with van der Waals surface area (Å²) < 4.78 is 1.94. The fourth-order valence-corrected chi connectivity index (χ4v) is 4.49. The van der Waals surface area contributed by atoms with Crippen molar-refractivity contribution < 1.29 is 9.59 Å². The van der Waals surface area contributed by atoms with E-state index in [0.29, 0.717) is 32.1 Å². The van der Waals surface area contributed by atoms with E-state index in [2.05, 4.69) is 22.6 Å². The van der Waals surface area contributed by atoms with Gasteiger partial charge in [0.2, 0.25) is 11.8 Å². The summed E-state index contributed by atoms with van der Waals surface area (Å²) in [5.41, 5.74) is 8.07. The Hall–Kier alpha value is -2.15. The lowest BCUT2D eigenvalue weighted by atomic mass is 9.89. The van der Waals surface area contributed by atoms with Gasteiger partial charge in [0, 0.05) is 18.5 Å². The number of carbonyl (C=O) groups is 2. The molecule has 4 atom stereocenters. The Morgan fingerprint density at radius 1 is 1.31 bits per heavy atom. The van der Waals surface area contributed by atoms with Crippen molar-refractivity contribution >= 4 is 11.8 Å². The van der Waals surface area contributed by atoms with E-state index >= 15 is 0 Å². The topological polar surface area (TPSA) is 93.2 Å². The van der Waals surface area contributed by atoms with Crippen LogP contribution in [-0.4, -0.2) is 39.1 Å². The molecule has 2 aliphatic carbocycles. The number of nitrogens with two attached hydrogens (primary N) is 1. The molecule has 0 aromatic carbocycles. The van der Waals surface area contributed by atoms with Crippen LogP contribution in [0.3, 0.4) is 0 Å². The number of amides is 2. The van der Waals surface area contributed by atoms with Gasteiger partial charge in [0.15, 0.2) is 0 Å². The number of nitrogens with zero attached hydrogens (tertiary/aromatic N) is 3. The minimum Gasteiger partial charge on any atom is -0.350 e. The maximum Gasteiger partial charge on any atom is 0.225 e. The normalized spacial score (nSPS) is 29.3. The molecule has 1 saturated carbocycles. The van der Waals surface area contributed by atoms with Crippen LogP contribution >= 0.6 is 0 Å². The Labute approximate surface area is 153 Å². The third-order valence-corrected chi connectivity index (χ3v) is 5.92. The van der Waals surface area contributed by atoms with Crippen molar-refractivity contribution in [2.24, 2.45) is 29.4 Å². The minimum absolute atomic E-state index is 0.00299. The molecule has 1 aliphatic heterocycles. The third kappa shape index (κ3) is 2.94. The molecule has 3 N–H and O–H groups in total. The summed E-state index contributed by atoms with van der Waals surface area (Å²) in [5, 5.41) is 7.58. The molecule has 0 spiro atoms. The van der Waals surface area contributed by atoms with Gasteiger partial charge in [-0.25, -0.2) is 0 Å². The summed E-state index contributed by atoms with van der Waals surface area (Å²) in [5.74, 6) is 0.702. The zero-order valence-electron chi connectivity index (χ0n) is 15.4. The standard InChI is InChI=1S/C19H27N5O2/c1-11(2)19(26)23-5-6-24-15(10-23)8-14(22-24)9-21-18(25)16-12-3-4-13(7-12)17(16)20/h3-4,8,11-13,16-17H,5-7,9-10,20H2,1-2H3,(H,21,25)/t12-,13+,16-,17+/m1/s1. The Kier molecular flexibility index (Phi) is 4.34. The van der Waals surface area contributed by atoms with E-state index < -0.39 is 0 Å². The molecule has 2 heterocycles. The first kappa shape index (κ1) is 17.3. The van der Waals surface area contributed by atoms with Crippen LogP contribution in [0.2, 0.25) is 0 Å². The number of allylic oxidation sites excluding steroid dienone is 1. The quantitative estimate of drug-likeness (QED) is 0.774. The molecule has 140 valence electrons. The van der Waals surface area contributed by atoms with Gasteiger partial charge in [-0.05, 0) is 24.3 Å². The lowest BCUT2D eigenvalue weighted by Crippen LogP contribution is -2.43. The average Bonchev–Trinajstić information content (AvgIpc) is 3.31. The fourth-order valence-electron chi connectivity index (χ4n) is 4.49. The van der Waals surface area contributed by atoms with Crippen LogP contribution in [0.15, 0.2) is 18.2 Å². The predicted molar refractivity (Wildman–Crippen MR) is 96.5 cm³/mol. The fraction of sp³-hybridized carbons (Fsp3) is 0.632. The van der Waals surface area contributed by atoms with Gasteiger partial charge >= 0.3 is 0 Å². The summed E-state index contributed by atoms with van der Waals surface area (Å²) >= 11 is 0. The molecule has 2 bridgehead atoms. The third-order valence-electron chi connectivity index (χ3n) is 5.92. The van der Waals surface area contributed by atoms with Gasteiger partial charge < -0.3 is 16.0 Å². The number of aromatic nitrogens is 2. The Morgan fingerprint density at radius 2 is 2.08 bits per heavy atom. The molecule has 1 fully saturated rings. The van der Waals surface area contributed by atoms with Gasteiger partial charge in [-0.1, -0.05) is 26.0 Å². The largest absolute Gasteiger partial charge is 0.350 e. The Balaban J connectivity index is 1.36. The van der Waals surface area contributed by atoms with Gasteiger partial charge in [-0.2, -0.15) is 5.10 Å². The van der Waals surface area contributed by atoms with Gasteiger partial charge in [0.05, 0.1) is 36.9 Å². The number of nitrogens with one attached hydrogen (secondary N) is 1. The first-order valence-corrected chi connectivity index (χ1v) is 9.50. The molecule has 2 amide bonds. The van der Waals surface area contributed by atoms with Crippen molar-refractivity contribution in [3.8, 4) is 0 Å². The summed E-state index contributed by atoms with van der Waals surface area (Å²) in [7, 11) is 0. The SMILES string of the molecule is CC(C)C(=O)N1CCn2nc(CNC(=O)[C@H]3[C@@H](N)[C@H]4C=C[C@@H]3C4)cc2C1. The number of fused-ring (bicyclic) bond motifs is 3. The lowest BCUT2D eigenvalue weighted by molar-refractivity contribution is -0.136. The highest BCUT2D eigenvalue weighted by atomic mass is 16.2. The second kappa shape index (κ2) is 6.54. The van der Waals surface area contributed by atoms with Crippen LogP contribution in [0.4, 0.5) is 0 Å². The predicted octanol–water partition coefficient (Wildman–Crippen LogP) is 0.647. The summed E-state index contributed by atoms with van der Waals surface area (Å²) in [6.45, 7) is 6.21. The first-order valence-electron chi connectivity index (χ1n) is 9.50. The molecule has 7 nitrogen and oxygen atoms in total. The van der Waals surface area contributed by atoms with Gasteiger partial charge in [-0.15, -0.1) is 0 Å². The molecule has 1 aromatic rings. The van der Waals surface area contributed by atoms with Crippen molar-refractivity contribution in [3.05, 3.63) is 29.6 Å². The summed E-state index contributed by atoms with van der Waals surface area (Å²) in [6, 6.07) is 1.91. The zero-order chi connectivity index (χ0) is 18.4. The number of hydrogen-bond donors (Lipinski definition) is 2. The smallest absolute Gasteiger partial charge is 0.225 e. The van der Waals surface area contributed by atoms with Gasteiger partial charge in [0.1, 0.15) is 0 Å². The highest BCUT2D eigenvalue weighted by molar-refractivity contribution is 5.81. The van der Waals surface area contributed by atoms with Crippen molar-refractivity contribution in [3.63, 3.8) is 0 Å². The highest BCUT2D eigenvalue weighted by Crippen LogP contribution is 2.42. The van der Waals surface area contributed by atoms with Crippen LogP contribution in [0.25, 0.3) is 0 Å². The van der Waals surface area contributed by atoms with E-state index in [-0.39, 0.29) is 35.6 Å². The Bertz CT molecular complexity index is 753. The number of hydrogen-bond acceptors (Lipinski definition) is 4. The lowest BCUT2D eigenvalue weighted by Gasteiger charge is -2.29. The van der Waals surface area contributed by atoms with Gasteiger partial charge in [-0.3, -0.25) is 14.3 Å². The molecule has 3 aliphatic rings. The second-order valence-corrected chi connectivity index (χ2v) is 8.03. The maximum atomic E-state index is 12.6. The summed E-state index contributed by atoms with van der Waals surface area (Å²) in [6.07, 6.45) is 5.28. The Morgan fingerprint density at radius 3 is 2.77 bits per heavy atom. The molecule has 7 heteroatoms. The highest BCUT2D eigenvalue weighted by Gasteiger charge is 2.46. The van der Waals surface area contributed by atoms with Gasteiger partial charge in [0.25, 0.3) is 0 Å². The van der Waals surface area contributed by atoms with Crippen LogP contribution < -0.4 is 11.1 Å². The number of carbonyl (C=O) groups excluding carboxylic acids is 2. The monoisotopic (exact) mass is 357 g/mol. The molecule has 0 radical (unpaired) electrons. The zero-order valence-corrected chi connectivity index (χ0v) is 15.4. The van der Waals surface area contributed by atoms with Crippen LogP contribution in [0, 0.1) is 23.7 Å². The van der Waals surface area contributed by atoms with E-state index in [1.54, 1.807) is 0 Å². The molecular weight excluding hydrogens is 330 g/mol. The van der Waals surface area contributed by atoms with E-state index in [9.17, 15) is 9.59 Å². The minimum atomic E-state index is -0.124. The van der Waals surface area contributed by atoms with Crippen LogP contribution in [0.5, 0.6) is 0 Å². The molecule has 0 unspecified atom stereocenters. The van der Waals surface area contributed by atoms with Crippen LogP contribution in [0.1, 0.15) is 31.7 Å². The molecule has 1 aromatic heterocycles. The van der Waals surface area contributed by atoms with E-state index in [1.165, 1.54) is 0 Å². The molecule has 0 saturated heterocycles. The number of rotatable bonds is 4. The van der Waals surface area contributed by atoms with Crippen molar-refractivity contribution in [2.75, 3.05) is 6.54 Å². The van der Waals surface area contributed by atoms with E-state index in [0.717, 1.165) is 17.8 Å².